The fraction of sp³-hybridized carbons (Fsp3) is 0.818. The van der Waals surface area contributed by atoms with Crippen molar-refractivity contribution in [3.63, 3.8) is 0 Å². The van der Waals surface area contributed by atoms with Crippen LogP contribution in [-0.2, 0) is 9.47 Å². The molecule has 0 aromatic carbocycles. The molecule has 0 saturated carbocycles. The molecule has 0 bridgehead atoms. The molecule has 82 valence electrons. The lowest BCUT2D eigenvalue weighted by atomic mass is 10.0. The van der Waals surface area contributed by atoms with E-state index in [4.69, 9.17) is 9.47 Å². The highest BCUT2D eigenvalue weighted by Crippen LogP contribution is 2.19. The smallest absolute Gasteiger partial charge is 0.109 e. The van der Waals surface area contributed by atoms with Gasteiger partial charge < -0.3 is 14.8 Å². The van der Waals surface area contributed by atoms with Crippen molar-refractivity contribution in [2.24, 2.45) is 5.92 Å². The van der Waals surface area contributed by atoms with Crippen LogP contribution in [0.3, 0.4) is 0 Å². The number of hydrogen-bond donors (Lipinski definition) is 1. The molecule has 2 unspecified atom stereocenters. The topological polar surface area (TPSA) is 30.5 Å². The van der Waals surface area contributed by atoms with E-state index in [-0.39, 0.29) is 0 Å². The molecular weight excluding hydrogens is 178 g/mol. The lowest BCUT2D eigenvalue weighted by Crippen LogP contribution is -2.30. The van der Waals surface area contributed by atoms with Gasteiger partial charge in [-0.3, -0.25) is 0 Å². The Hall–Kier alpha value is -0.540. The minimum absolute atomic E-state index is 0.350. The van der Waals surface area contributed by atoms with Crippen LogP contribution in [-0.4, -0.2) is 33.4 Å². The molecule has 0 aromatic rings. The molecule has 0 spiro atoms. The predicted octanol–water partition coefficient (Wildman–Crippen LogP) is 1.55. The third-order valence-corrected chi connectivity index (χ3v) is 2.51. The molecule has 0 saturated heterocycles. The average Bonchev–Trinajstić information content (AvgIpc) is 2.67. The Kier molecular flexibility index (Phi) is 4.98. The van der Waals surface area contributed by atoms with E-state index in [1.807, 2.05) is 7.05 Å². The Labute approximate surface area is 86.5 Å². The second kappa shape index (κ2) is 6.04. The fourth-order valence-corrected chi connectivity index (χ4v) is 1.81. The van der Waals surface area contributed by atoms with E-state index in [0.717, 1.165) is 31.8 Å². The van der Waals surface area contributed by atoms with Gasteiger partial charge in [0.15, 0.2) is 0 Å². The average molecular weight is 199 g/mol. The molecule has 0 amide bonds. The monoisotopic (exact) mass is 199 g/mol. The van der Waals surface area contributed by atoms with E-state index in [1.54, 1.807) is 7.11 Å². The lowest BCUT2D eigenvalue weighted by molar-refractivity contribution is 0.143. The number of rotatable bonds is 6. The second-order valence-corrected chi connectivity index (χ2v) is 3.88. The summed E-state index contributed by atoms with van der Waals surface area (Å²) >= 11 is 0. The zero-order valence-electron chi connectivity index (χ0n) is 9.38. The summed E-state index contributed by atoms with van der Waals surface area (Å²) in [6, 6.07) is 0.350. The maximum absolute atomic E-state index is 5.54. The van der Waals surface area contributed by atoms with Crippen molar-refractivity contribution < 1.29 is 9.47 Å². The van der Waals surface area contributed by atoms with Crippen LogP contribution in [0.25, 0.3) is 0 Å². The Balaban J connectivity index is 2.37. The third-order valence-electron chi connectivity index (χ3n) is 2.51. The van der Waals surface area contributed by atoms with Crippen LogP contribution in [0.15, 0.2) is 11.8 Å². The Morgan fingerprint density at radius 1 is 1.64 bits per heavy atom. The van der Waals surface area contributed by atoms with Crippen molar-refractivity contribution >= 4 is 0 Å². The number of hydrogen-bond acceptors (Lipinski definition) is 3. The first-order valence-corrected chi connectivity index (χ1v) is 5.27. The first-order chi connectivity index (χ1) is 6.77. The molecule has 0 radical (unpaired) electrons. The van der Waals surface area contributed by atoms with Crippen molar-refractivity contribution in [3.05, 3.63) is 11.8 Å². The minimum atomic E-state index is 0.350. The van der Waals surface area contributed by atoms with E-state index in [2.05, 4.69) is 18.3 Å². The van der Waals surface area contributed by atoms with Gasteiger partial charge in [-0.05, 0) is 25.5 Å². The molecule has 14 heavy (non-hydrogen) atoms. The summed E-state index contributed by atoms with van der Waals surface area (Å²) in [5.41, 5.74) is 0. The van der Waals surface area contributed by atoms with Gasteiger partial charge in [-0.25, -0.2) is 0 Å². The molecule has 0 fully saturated rings. The standard InChI is InChI=1S/C11H21NO2/c1-9(8-13-3)7-10(12-2)11-5-4-6-14-11/h5,9-10,12H,4,6-8H2,1-3H3. The van der Waals surface area contributed by atoms with Crippen LogP contribution in [0.1, 0.15) is 19.8 Å². The third kappa shape index (κ3) is 3.31. The summed E-state index contributed by atoms with van der Waals surface area (Å²) in [4.78, 5) is 0. The van der Waals surface area contributed by atoms with Gasteiger partial charge in [0.2, 0.25) is 0 Å². The zero-order chi connectivity index (χ0) is 10.4. The summed E-state index contributed by atoms with van der Waals surface area (Å²) in [6.07, 6.45) is 4.29. The maximum atomic E-state index is 5.54. The quantitative estimate of drug-likeness (QED) is 0.704. The summed E-state index contributed by atoms with van der Waals surface area (Å²) < 4.78 is 10.7. The second-order valence-electron chi connectivity index (χ2n) is 3.88. The van der Waals surface area contributed by atoms with E-state index in [0.29, 0.717) is 12.0 Å². The van der Waals surface area contributed by atoms with Crippen molar-refractivity contribution in [3.8, 4) is 0 Å². The summed E-state index contributed by atoms with van der Waals surface area (Å²) in [6.45, 7) is 3.85. The van der Waals surface area contributed by atoms with Crippen molar-refractivity contribution in [2.45, 2.75) is 25.8 Å². The molecule has 2 atom stereocenters. The molecule has 3 nitrogen and oxygen atoms in total. The van der Waals surface area contributed by atoms with Crippen LogP contribution in [0, 0.1) is 5.92 Å². The number of nitrogens with one attached hydrogen (secondary N) is 1. The highest BCUT2D eigenvalue weighted by atomic mass is 16.5. The Morgan fingerprint density at radius 3 is 2.93 bits per heavy atom. The molecule has 0 aromatic heterocycles. The normalized spacial score (nSPS) is 20.1. The van der Waals surface area contributed by atoms with E-state index in [1.165, 1.54) is 0 Å². The Bertz CT molecular complexity index is 192. The molecular formula is C11H21NO2. The summed E-state index contributed by atoms with van der Waals surface area (Å²) in [5.74, 6) is 1.66. The summed E-state index contributed by atoms with van der Waals surface area (Å²) in [5, 5.41) is 3.28. The molecule has 1 aliphatic rings. The fourth-order valence-electron chi connectivity index (χ4n) is 1.81. The van der Waals surface area contributed by atoms with Crippen molar-refractivity contribution in [1.29, 1.82) is 0 Å². The molecule has 0 aliphatic carbocycles. The highest BCUT2D eigenvalue weighted by Gasteiger charge is 2.19. The van der Waals surface area contributed by atoms with Gasteiger partial charge in [0.25, 0.3) is 0 Å². The number of ether oxygens (including phenoxy) is 2. The maximum Gasteiger partial charge on any atom is 0.109 e. The van der Waals surface area contributed by atoms with Crippen LogP contribution in [0.5, 0.6) is 0 Å². The SMILES string of the molecule is CNC(CC(C)COC)C1=CCCO1. The minimum Gasteiger partial charge on any atom is -0.496 e. The predicted molar refractivity (Wildman–Crippen MR) is 57.2 cm³/mol. The highest BCUT2D eigenvalue weighted by molar-refractivity contribution is 5.07. The van der Waals surface area contributed by atoms with Crippen LogP contribution in [0.4, 0.5) is 0 Å². The van der Waals surface area contributed by atoms with Crippen LogP contribution < -0.4 is 5.32 Å². The van der Waals surface area contributed by atoms with Gasteiger partial charge in [0.05, 0.1) is 12.6 Å². The largest absolute Gasteiger partial charge is 0.496 e. The van der Waals surface area contributed by atoms with Crippen molar-refractivity contribution in [2.75, 3.05) is 27.4 Å². The zero-order valence-corrected chi connectivity index (χ0v) is 9.38. The van der Waals surface area contributed by atoms with E-state index in [9.17, 15) is 0 Å². The number of methoxy groups -OCH3 is 1. The van der Waals surface area contributed by atoms with Gasteiger partial charge in [-0.2, -0.15) is 0 Å². The van der Waals surface area contributed by atoms with Crippen LogP contribution in [0.2, 0.25) is 0 Å². The van der Waals surface area contributed by atoms with Gasteiger partial charge in [0.1, 0.15) is 5.76 Å². The number of likely N-dealkylation sites (N-methyl/N-ethyl adjacent to an activating group) is 1. The van der Waals surface area contributed by atoms with Crippen LogP contribution >= 0.6 is 0 Å². The van der Waals surface area contributed by atoms with Crippen molar-refractivity contribution in [1.82, 2.24) is 5.32 Å². The molecule has 1 aliphatic heterocycles. The summed E-state index contributed by atoms with van der Waals surface area (Å²) in [7, 11) is 3.73. The first-order valence-electron chi connectivity index (χ1n) is 5.27. The van der Waals surface area contributed by atoms with E-state index >= 15 is 0 Å². The molecule has 1 rings (SSSR count). The molecule has 1 heterocycles. The molecule has 3 heteroatoms. The van der Waals surface area contributed by atoms with Gasteiger partial charge >= 0.3 is 0 Å². The molecule has 1 N–H and O–H groups in total. The first kappa shape index (κ1) is 11.5. The van der Waals surface area contributed by atoms with E-state index < -0.39 is 0 Å². The van der Waals surface area contributed by atoms with Gasteiger partial charge in [-0.15, -0.1) is 0 Å². The Morgan fingerprint density at radius 2 is 2.43 bits per heavy atom. The lowest BCUT2D eigenvalue weighted by Gasteiger charge is -2.20. The van der Waals surface area contributed by atoms with Gasteiger partial charge in [-0.1, -0.05) is 6.92 Å². The van der Waals surface area contributed by atoms with Gasteiger partial charge in [0, 0.05) is 20.1 Å².